The number of allylic oxidation sites excluding steroid dienone is 4. The highest BCUT2D eigenvalue weighted by atomic mass is 16.6. The van der Waals surface area contributed by atoms with Crippen molar-refractivity contribution >= 4 is 11.8 Å². The van der Waals surface area contributed by atoms with Crippen LogP contribution < -0.4 is 0 Å². The van der Waals surface area contributed by atoms with Crippen LogP contribution in [0.3, 0.4) is 0 Å². The third-order valence-electron chi connectivity index (χ3n) is 7.37. The van der Waals surface area contributed by atoms with Crippen LogP contribution in [-0.2, 0) is 19.1 Å². The predicted octanol–water partition coefficient (Wildman–Crippen LogP) is 4.42. The molecule has 0 amide bonds. The van der Waals surface area contributed by atoms with Crippen molar-refractivity contribution in [2.75, 3.05) is 0 Å². The predicted molar refractivity (Wildman–Crippen MR) is 111 cm³/mol. The quantitative estimate of drug-likeness (QED) is 0.682. The lowest BCUT2D eigenvalue weighted by Gasteiger charge is -2.44. The van der Waals surface area contributed by atoms with E-state index in [2.05, 4.69) is 30.1 Å². The van der Waals surface area contributed by atoms with Crippen molar-refractivity contribution in [3.05, 3.63) is 65.2 Å². The highest BCUT2D eigenvalue weighted by Gasteiger charge is 2.63. The molecule has 1 unspecified atom stereocenters. The number of rotatable bonds is 2. The molecule has 0 spiro atoms. The van der Waals surface area contributed by atoms with Crippen LogP contribution in [0.1, 0.15) is 57.9 Å². The number of aromatic nitrogens is 1. The van der Waals surface area contributed by atoms with E-state index in [0.717, 1.165) is 35.3 Å². The Morgan fingerprint density at radius 2 is 2.13 bits per heavy atom. The second-order valence-corrected chi connectivity index (χ2v) is 9.43. The molecule has 5 nitrogen and oxygen atoms in total. The summed E-state index contributed by atoms with van der Waals surface area (Å²) in [6, 6.07) is 3.99. The summed E-state index contributed by atoms with van der Waals surface area (Å²) < 4.78 is 12.5. The summed E-state index contributed by atoms with van der Waals surface area (Å²) in [6.07, 6.45) is 12.8. The normalized spacial score (nSPS) is 37.0. The molecule has 1 aromatic heterocycles. The van der Waals surface area contributed by atoms with Crippen LogP contribution in [0.4, 0.5) is 0 Å². The van der Waals surface area contributed by atoms with Crippen LogP contribution >= 0.6 is 0 Å². The van der Waals surface area contributed by atoms with E-state index < -0.39 is 5.60 Å². The molecule has 3 aliphatic carbocycles. The van der Waals surface area contributed by atoms with Gasteiger partial charge in [-0.25, -0.2) is 0 Å². The zero-order valence-corrected chi connectivity index (χ0v) is 17.7. The van der Waals surface area contributed by atoms with Crippen molar-refractivity contribution in [3.8, 4) is 0 Å². The number of nitrogens with zero attached hydrogens (tertiary/aromatic N) is 1. The number of fused-ring (bicyclic) bond motifs is 3. The molecule has 0 aromatic carbocycles. The van der Waals surface area contributed by atoms with E-state index in [0.29, 0.717) is 12.8 Å². The second-order valence-electron chi connectivity index (χ2n) is 9.43. The molecule has 156 valence electrons. The minimum absolute atomic E-state index is 0.0441. The van der Waals surface area contributed by atoms with E-state index in [9.17, 15) is 9.59 Å². The van der Waals surface area contributed by atoms with Gasteiger partial charge in [-0.1, -0.05) is 25.1 Å². The first-order valence-corrected chi connectivity index (χ1v) is 10.8. The average Bonchev–Trinajstić information content (AvgIpc) is 2.94. The van der Waals surface area contributed by atoms with Gasteiger partial charge in [0.05, 0.1) is 5.57 Å². The fraction of sp³-hybridized carbons (Fsp3) is 0.480. The Labute approximate surface area is 176 Å². The summed E-state index contributed by atoms with van der Waals surface area (Å²) in [4.78, 5) is 28.8. The van der Waals surface area contributed by atoms with Crippen molar-refractivity contribution in [2.45, 2.75) is 64.1 Å². The molecule has 1 saturated carbocycles. The van der Waals surface area contributed by atoms with Gasteiger partial charge in [-0.2, -0.15) is 0 Å². The number of carbonyl (C=O) groups excluding carboxylic acids is 2. The summed E-state index contributed by atoms with van der Waals surface area (Å²) in [5.41, 5.74) is 1.90. The molecular weight excluding hydrogens is 378 g/mol. The molecule has 0 radical (unpaired) electrons. The van der Waals surface area contributed by atoms with Gasteiger partial charge in [0.2, 0.25) is 0 Å². The van der Waals surface area contributed by atoms with Crippen molar-refractivity contribution < 1.29 is 19.1 Å². The number of ketones is 1. The maximum Gasteiger partial charge on any atom is 0.303 e. The monoisotopic (exact) mass is 405 g/mol. The Balaban J connectivity index is 1.60. The van der Waals surface area contributed by atoms with Crippen molar-refractivity contribution in [1.29, 1.82) is 0 Å². The molecule has 5 heteroatoms. The van der Waals surface area contributed by atoms with E-state index in [1.807, 2.05) is 25.3 Å². The number of hydrogen-bond acceptors (Lipinski definition) is 5. The van der Waals surface area contributed by atoms with Gasteiger partial charge in [0.25, 0.3) is 0 Å². The first kappa shape index (κ1) is 19.3. The van der Waals surface area contributed by atoms with Gasteiger partial charge in [0.1, 0.15) is 17.5 Å². The Morgan fingerprint density at radius 3 is 2.87 bits per heavy atom. The molecule has 0 saturated heterocycles. The summed E-state index contributed by atoms with van der Waals surface area (Å²) >= 11 is 0. The summed E-state index contributed by atoms with van der Waals surface area (Å²) in [5.74, 6) is 0.803. The number of hydrogen-bond donors (Lipinski definition) is 0. The topological polar surface area (TPSA) is 65.5 Å². The van der Waals surface area contributed by atoms with Gasteiger partial charge in [-0.15, -0.1) is 0 Å². The van der Waals surface area contributed by atoms with Gasteiger partial charge in [-0.05, 0) is 43.0 Å². The number of carbonyl (C=O) groups is 2. The molecule has 5 rings (SSSR count). The summed E-state index contributed by atoms with van der Waals surface area (Å²) in [7, 11) is 0. The van der Waals surface area contributed by atoms with Crippen LogP contribution in [0.2, 0.25) is 0 Å². The Morgan fingerprint density at radius 1 is 1.30 bits per heavy atom. The lowest BCUT2D eigenvalue weighted by atomic mass is 9.64. The van der Waals surface area contributed by atoms with Gasteiger partial charge in [0.15, 0.2) is 5.78 Å². The van der Waals surface area contributed by atoms with Gasteiger partial charge in [-0.3, -0.25) is 14.6 Å². The van der Waals surface area contributed by atoms with Crippen molar-refractivity contribution in [2.24, 2.45) is 11.3 Å². The standard InChI is InChI=1S/C25H27NO4/c1-15(27)30-25(3)13-19-22-16(12-18-20(28)7-4-8-21(18)29-22)9-10-24(19,2)23(25)17-6-5-11-26-14-17/h5-6,9-12,14,19,22-23H,4,7-8,13H2,1-3H3/t19-,22+,23+,24-,25?/m0/s1. The summed E-state index contributed by atoms with van der Waals surface area (Å²) in [5, 5.41) is 0. The highest BCUT2D eigenvalue weighted by molar-refractivity contribution is 5.99. The fourth-order valence-corrected chi connectivity index (χ4v) is 6.31. The number of esters is 1. The second kappa shape index (κ2) is 6.66. The zero-order valence-electron chi connectivity index (χ0n) is 17.7. The van der Waals surface area contributed by atoms with E-state index in [-0.39, 0.29) is 35.1 Å². The zero-order chi connectivity index (χ0) is 21.1. The molecule has 0 bridgehead atoms. The molecular formula is C25H27NO4. The molecule has 2 heterocycles. The molecule has 1 aliphatic heterocycles. The van der Waals surface area contributed by atoms with Crippen LogP contribution in [0, 0.1) is 11.3 Å². The molecule has 5 atom stereocenters. The van der Waals surface area contributed by atoms with Gasteiger partial charge < -0.3 is 9.47 Å². The fourth-order valence-electron chi connectivity index (χ4n) is 6.31. The van der Waals surface area contributed by atoms with Crippen LogP contribution in [0.15, 0.2) is 59.7 Å². The first-order valence-electron chi connectivity index (χ1n) is 10.8. The largest absolute Gasteiger partial charge is 0.489 e. The maximum absolute atomic E-state index is 12.4. The lowest BCUT2D eigenvalue weighted by Crippen LogP contribution is -2.41. The molecule has 1 aromatic rings. The van der Waals surface area contributed by atoms with E-state index in [1.54, 1.807) is 6.20 Å². The average molecular weight is 405 g/mol. The van der Waals surface area contributed by atoms with E-state index in [4.69, 9.17) is 9.47 Å². The molecule has 30 heavy (non-hydrogen) atoms. The molecule has 4 aliphatic rings. The smallest absolute Gasteiger partial charge is 0.303 e. The Bertz CT molecular complexity index is 1010. The Kier molecular flexibility index (Phi) is 4.28. The maximum atomic E-state index is 12.4. The first-order chi connectivity index (χ1) is 14.3. The van der Waals surface area contributed by atoms with Crippen LogP contribution in [0.25, 0.3) is 0 Å². The number of Topliss-reactive ketones (excluding diaryl/α,β-unsaturated/α-hetero) is 1. The van der Waals surface area contributed by atoms with Crippen LogP contribution in [-0.4, -0.2) is 28.4 Å². The van der Waals surface area contributed by atoms with Gasteiger partial charge in [0, 0.05) is 49.4 Å². The highest BCUT2D eigenvalue weighted by Crippen LogP contribution is 2.64. The van der Waals surface area contributed by atoms with E-state index in [1.165, 1.54) is 6.92 Å². The minimum Gasteiger partial charge on any atom is -0.489 e. The third kappa shape index (κ3) is 2.78. The minimum atomic E-state index is -0.672. The Hall–Kier alpha value is -2.69. The molecule has 1 fully saturated rings. The van der Waals surface area contributed by atoms with E-state index >= 15 is 0 Å². The number of ether oxygens (including phenoxy) is 2. The lowest BCUT2D eigenvalue weighted by molar-refractivity contribution is -0.157. The third-order valence-corrected chi connectivity index (χ3v) is 7.37. The van der Waals surface area contributed by atoms with Crippen molar-refractivity contribution in [1.82, 2.24) is 4.98 Å². The van der Waals surface area contributed by atoms with Crippen LogP contribution in [0.5, 0.6) is 0 Å². The summed E-state index contributed by atoms with van der Waals surface area (Å²) in [6.45, 7) is 5.74. The van der Waals surface area contributed by atoms with Gasteiger partial charge >= 0.3 is 5.97 Å². The number of pyridine rings is 1. The molecule has 0 N–H and O–H groups in total. The van der Waals surface area contributed by atoms with Crippen molar-refractivity contribution in [3.63, 3.8) is 0 Å². The SMILES string of the molecule is CC(=O)OC1(C)C[C@H]2[C@@H]3OC4=C(C=C3C=C[C@]2(C)[C@H]1c1cccnc1)C(=O)CCC4.